The van der Waals surface area contributed by atoms with E-state index in [0.29, 0.717) is 18.7 Å². The second kappa shape index (κ2) is 13.3. The summed E-state index contributed by atoms with van der Waals surface area (Å²) in [5.41, 5.74) is 18.2. The number of nitrogens with zero attached hydrogens (tertiary/aromatic N) is 1. The maximum atomic E-state index is 11.9. The van der Waals surface area contributed by atoms with Crippen molar-refractivity contribution in [2.24, 2.45) is 11.5 Å². The SMILES string of the molecule is COc1ccc(CNCCC[C@@H](CN)c2[nH]cc(-c3ccccc3)[n+]2-c2c(C)cc(C(N)=O)cc2C)cc1C(=O)[O-]. The van der Waals surface area contributed by atoms with E-state index in [1.54, 1.807) is 12.1 Å². The molecule has 0 aliphatic rings. The molecule has 3 aromatic carbocycles. The second-order valence-electron chi connectivity index (χ2n) is 10.2. The number of carboxylic acid groups (broad SMARTS) is 1. The first-order chi connectivity index (χ1) is 19.7. The average Bonchev–Trinajstić information content (AvgIpc) is 3.39. The van der Waals surface area contributed by atoms with Crippen LogP contribution in [0.25, 0.3) is 16.9 Å². The molecule has 1 atom stereocenters. The van der Waals surface area contributed by atoms with Gasteiger partial charge in [0.1, 0.15) is 17.6 Å². The Morgan fingerprint density at radius 3 is 2.39 bits per heavy atom. The number of aromatic amines is 1. The van der Waals surface area contributed by atoms with E-state index in [4.69, 9.17) is 16.2 Å². The van der Waals surface area contributed by atoms with E-state index in [1.807, 2.05) is 56.4 Å². The fourth-order valence-corrected chi connectivity index (χ4v) is 5.31. The van der Waals surface area contributed by atoms with Gasteiger partial charge in [-0.3, -0.25) is 4.79 Å². The Hall–Kier alpha value is -4.47. The van der Waals surface area contributed by atoms with E-state index in [1.165, 1.54) is 7.11 Å². The highest BCUT2D eigenvalue weighted by atomic mass is 16.5. The average molecular weight is 556 g/mol. The van der Waals surface area contributed by atoms with Gasteiger partial charge in [0.15, 0.2) is 5.69 Å². The lowest BCUT2D eigenvalue weighted by molar-refractivity contribution is -0.594. The molecule has 9 nitrogen and oxygen atoms in total. The largest absolute Gasteiger partial charge is 0.545 e. The van der Waals surface area contributed by atoms with Crippen LogP contribution >= 0.6 is 0 Å². The molecule has 0 radical (unpaired) electrons. The number of H-pyrrole nitrogens is 1. The molecule has 0 fully saturated rings. The number of benzene rings is 3. The molecule has 1 amide bonds. The number of nitrogens with two attached hydrogens (primary N) is 2. The highest BCUT2D eigenvalue weighted by molar-refractivity contribution is 5.93. The van der Waals surface area contributed by atoms with Crippen LogP contribution in [0.1, 0.15) is 62.0 Å². The summed E-state index contributed by atoms with van der Waals surface area (Å²) in [4.78, 5) is 26.8. The Bertz CT molecular complexity index is 1510. The maximum absolute atomic E-state index is 11.9. The molecule has 1 heterocycles. The smallest absolute Gasteiger partial charge is 0.264 e. The van der Waals surface area contributed by atoms with Crippen molar-refractivity contribution in [3.63, 3.8) is 0 Å². The standard InChI is InChI=1S/C32H37N5O4/c1-20-14-25(30(34)38)15-21(2)29(20)37-27(23-8-5-4-6-9-23)19-36-31(37)24(17-33)10-7-13-35-18-22-11-12-28(41-3)26(16-22)32(39)40/h4-6,8-9,11-12,14-16,19,24,35H,7,10,13,17-18,33H2,1-3H3,(H3,34,38,39,40)/t24-/m0/s1. The third kappa shape index (κ3) is 6.65. The van der Waals surface area contributed by atoms with Crippen LogP contribution in [0.15, 0.2) is 66.9 Å². The predicted octanol–water partition coefficient (Wildman–Crippen LogP) is 2.66. The molecule has 0 aliphatic heterocycles. The Morgan fingerprint density at radius 2 is 1.78 bits per heavy atom. The van der Waals surface area contributed by atoms with Crippen molar-refractivity contribution in [3.8, 4) is 22.7 Å². The molecule has 0 bridgehead atoms. The molecule has 4 rings (SSSR count). The summed E-state index contributed by atoms with van der Waals surface area (Å²) in [6.07, 6.45) is 3.68. The molecule has 41 heavy (non-hydrogen) atoms. The number of imidazole rings is 1. The lowest BCUT2D eigenvalue weighted by Crippen LogP contribution is -2.40. The lowest BCUT2D eigenvalue weighted by Gasteiger charge is -2.16. The third-order valence-electron chi connectivity index (χ3n) is 7.30. The summed E-state index contributed by atoms with van der Waals surface area (Å²) in [5, 5.41) is 14.8. The van der Waals surface area contributed by atoms with Crippen LogP contribution in [0.5, 0.6) is 5.75 Å². The Labute approximate surface area is 240 Å². The van der Waals surface area contributed by atoms with E-state index in [0.717, 1.165) is 58.8 Å². The van der Waals surface area contributed by atoms with Crippen molar-refractivity contribution in [2.45, 2.75) is 39.2 Å². The molecule has 1 aromatic heterocycles. The van der Waals surface area contributed by atoms with Crippen LogP contribution in [0, 0.1) is 13.8 Å². The third-order valence-corrected chi connectivity index (χ3v) is 7.30. The van der Waals surface area contributed by atoms with Gasteiger partial charge < -0.3 is 31.4 Å². The molecule has 4 aromatic rings. The van der Waals surface area contributed by atoms with Crippen LogP contribution in [0.3, 0.4) is 0 Å². The van der Waals surface area contributed by atoms with Crippen molar-refractivity contribution in [2.75, 3.05) is 20.2 Å². The van der Waals surface area contributed by atoms with Crippen molar-refractivity contribution < 1.29 is 24.0 Å². The Kier molecular flexibility index (Phi) is 9.54. The predicted molar refractivity (Wildman–Crippen MR) is 156 cm³/mol. The van der Waals surface area contributed by atoms with Crippen LogP contribution in [0.4, 0.5) is 0 Å². The fourth-order valence-electron chi connectivity index (χ4n) is 5.31. The zero-order valence-electron chi connectivity index (χ0n) is 23.7. The van der Waals surface area contributed by atoms with Gasteiger partial charge in [0.05, 0.1) is 19.0 Å². The van der Waals surface area contributed by atoms with Gasteiger partial charge in [-0.15, -0.1) is 0 Å². The van der Waals surface area contributed by atoms with Gasteiger partial charge in [0, 0.05) is 29.8 Å². The number of carboxylic acids is 1. The topological polar surface area (TPSA) is 150 Å². The van der Waals surface area contributed by atoms with Crippen molar-refractivity contribution in [1.29, 1.82) is 0 Å². The number of aromatic carboxylic acids is 1. The van der Waals surface area contributed by atoms with Crippen LogP contribution in [0.2, 0.25) is 0 Å². The van der Waals surface area contributed by atoms with E-state index in [2.05, 4.69) is 27.0 Å². The number of aryl methyl sites for hydroxylation is 2. The molecule has 0 saturated heterocycles. The lowest BCUT2D eigenvalue weighted by atomic mass is 9.99. The van der Waals surface area contributed by atoms with Gasteiger partial charge in [-0.05, 0) is 74.2 Å². The van der Waals surface area contributed by atoms with Gasteiger partial charge in [0.2, 0.25) is 5.91 Å². The number of carbonyl (C=O) groups excluding carboxylic acids is 2. The minimum absolute atomic E-state index is 0.0366. The number of methoxy groups -OCH3 is 1. The molecular formula is C32H37N5O4. The highest BCUT2D eigenvalue weighted by Gasteiger charge is 2.29. The molecule has 0 unspecified atom stereocenters. The Balaban J connectivity index is 1.55. The first-order valence-electron chi connectivity index (χ1n) is 13.6. The van der Waals surface area contributed by atoms with E-state index >= 15 is 0 Å². The van der Waals surface area contributed by atoms with Gasteiger partial charge in [-0.25, -0.2) is 4.98 Å². The van der Waals surface area contributed by atoms with Gasteiger partial charge >= 0.3 is 0 Å². The number of hydrogen-bond acceptors (Lipinski definition) is 6. The van der Waals surface area contributed by atoms with Crippen molar-refractivity contribution >= 4 is 11.9 Å². The molecule has 0 spiro atoms. The second-order valence-corrected chi connectivity index (χ2v) is 10.2. The number of primary amides is 1. The number of aromatic nitrogens is 2. The monoisotopic (exact) mass is 555 g/mol. The van der Waals surface area contributed by atoms with E-state index in [9.17, 15) is 14.7 Å². The fraction of sp³-hybridized carbons (Fsp3) is 0.281. The van der Waals surface area contributed by atoms with Gasteiger partial charge in [-0.2, -0.15) is 4.57 Å². The minimum Gasteiger partial charge on any atom is -0.545 e. The number of nitrogens with one attached hydrogen (secondary N) is 2. The molecular weight excluding hydrogens is 518 g/mol. The summed E-state index contributed by atoms with van der Waals surface area (Å²) in [7, 11) is 1.43. The minimum atomic E-state index is -1.27. The van der Waals surface area contributed by atoms with Crippen molar-refractivity contribution in [3.05, 3.63) is 101 Å². The number of rotatable bonds is 13. The van der Waals surface area contributed by atoms with E-state index < -0.39 is 11.9 Å². The van der Waals surface area contributed by atoms with Crippen LogP contribution < -0.4 is 31.2 Å². The Morgan fingerprint density at radius 1 is 1.07 bits per heavy atom. The summed E-state index contributed by atoms with van der Waals surface area (Å²) < 4.78 is 7.33. The van der Waals surface area contributed by atoms with Gasteiger partial charge in [0.25, 0.3) is 5.82 Å². The highest BCUT2D eigenvalue weighted by Crippen LogP contribution is 2.27. The summed E-state index contributed by atoms with van der Waals surface area (Å²) in [5.74, 6) is -0.419. The summed E-state index contributed by atoms with van der Waals surface area (Å²) >= 11 is 0. The number of carbonyl (C=O) groups is 2. The first-order valence-corrected chi connectivity index (χ1v) is 13.6. The van der Waals surface area contributed by atoms with Gasteiger partial charge in [-0.1, -0.05) is 36.4 Å². The zero-order valence-corrected chi connectivity index (χ0v) is 23.7. The zero-order chi connectivity index (χ0) is 29.5. The van der Waals surface area contributed by atoms with Crippen LogP contribution in [-0.2, 0) is 6.54 Å². The number of hydrogen-bond donors (Lipinski definition) is 4. The van der Waals surface area contributed by atoms with Crippen LogP contribution in [-0.4, -0.2) is 37.1 Å². The van der Waals surface area contributed by atoms with E-state index in [-0.39, 0.29) is 17.2 Å². The summed E-state index contributed by atoms with van der Waals surface area (Å²) in [6.45, 7) is 5.66. The molecule has 0 aliphatic carbocycles. The number of amides is 1. The summed E-state index contributed by atoms with van der Waals surface area (Å²) in [6, 6.07) is 18.8. The molecule has 9 heteroatoms. The molecule has 214 valence electrons. The quantitative estimate of drug-likeness (QED) is 0.147. The van der Waals surface area contributed by atoms with Crippen molar-refractivity contribution in [1.82, 2.24) is 10.3 Å². The number of ether oxygens (including phenoxy) is 1. The first kappa shape index (κ1) is 29.5. The molecule has 0 saturated carbocycles. The molecule has 6 N–H and O–H groups in total. The normalized spacial score (nSPS) is 11.8. The maximum Gasteiger partial charge on any atom is 0.264 e.